The second-order valence-corrected chi connectivity index (χ2v) is 6.24. The van der Waals surface area contributed by atoms with Crippen molar-refractivity contribution >= 4 is 29.9 Å². The van der Waals surface area contributed by atoms with E-state index in [9.17, 15) is 4.79 Å². The average molecular weight is 381 g/mol. The molecule has 1 N–H and O–H groups in total. The molecule has 1 atom stereocenters. The fourth-order valence-corrected chi connectivity index (χ4v) is 3.10. The normalized spacial score (nSPS) is 11.7. The van der Waals surface area contributed by atoms with Gasteiger partial charge >= 0.3 is 0 Å². The zero-order valence-electron chi connectivity index (χ0n) is 15.0. The predicted molar refractivity (Wildman–Crippen MR) is 108 cm³/mol. The lowest BCUT2D eigenvalue weighted by atomic mass is 10.0. The summed E-state index contributed by atoms with van der Waals surface area (Å²) in [5.41, 5.74) is 2.87. The molecule has 0 spiro atoms. The smallest absolute Gasteiger partial charge is 0.251 e. The second kappa shape index (κ2) is 10.4. The number of nitrogens with one attached hydrogen (secondary N) is 1. The Morgan fingerprint density at radius 1 is 1.08 bits per heavy atom. The van der Waals surface area contributed by atoms with E-state index in [2.05, 4.69) is 24.1 Å². The third-order valence-electron chi connectivity index (χ3n) is 4.29. The number of halogens is 2. The van der Waals surface area contributed by atoms with Gasteiger partial charge in [0.1, 0.15) is 0 Å². The van der Waals surface area contributed by atoms with E-state index in [4.69, 9.17) is 11.6 Å². The van der Waals surface area contributed by atoms with E-state index >= 15 is 0 Å². The fourth-order valence-electron chi connectivity index (χ4n) is 2.84. The van der Waals surface area contributed by atoms with Gasteiger partial charge in [0.2, 0.25) is 0 Å². The molecule has 1 unspecified atom stereocenters. The summed E-state index contributed by atoms with van der Waals surface area (Å²) < 4.78 is 0. The van der Waals surface area contributed by atoms with Gasteiger partial charge < -0.3 is 5.32 Å². The fraction of sp³-hybridized carbons (Fsp3) is 0.350. The van der Waals surface area contributed by atoms with E-state index in [0.717, 1.165) is 29.2 Å². The van der Waals surface area contributed by atoms with E-state index in [-0.39, 0.29) is 24.4 Å². The maximum atomic E-state index is 12.4. The van der Waals surface area contributed by atoms with Crippen LogP contribution in [0.25, 0.3) is 0 Å². The minimum atomic E-state index is -0.0563. The van der Waals surface area contributed by atoms with Crippen molar-refractivity contribution in [1.29, 1.82) is 0 Å². The first kappa shape index (κ1) is 21.5. The predicted octanol–water partition coefficient (Wildman–Crippen LogP) is 4.88. The molecule has 2 aromatic rings. The van der Waals surface area contributed by atoms with Gasteiger partial charge in [-0.2, -0.15) is 0 Å². The summed E-state index contributed by atoms with van der Waals surface area (Å²) in [6.45, 7) is 8.57. The molecule has 0 saturated carbocycles. The Hall–Kier alpha value is -1.55. The summed E-state index contributed by atoms with van der Waals surface area (Å²) in [6, 6.07) is 15.5. The first-order chi connectivity index (χ1) is 11.6. The highest BCUT2D eigenvalue weighted by molar-refractivity contribution is 6.31. The molecule has 0 saturated heterocycles. The highest BCUT2D eigenvalue weighted by atomic mass is 35.5. The number of nitrogens with zero attached hydrogens (tertiary/aromatic N) is 1. The number of rotatable bonds is 7. The van der Waals surface area contributed by atoms with E-state index in [1.54, 1.807) is 0 Å². The number of carbonyl (C=O) groups is 1. The number of carbonyl (C=O) groups excluding carboxylic acids is 1. The molecule has 2 aromatic carbocycles. The zero-order chi connectivity index (χ0) is 17.5. The monoisotopic (exact) mass is 380 g/mol. The number of hydrogen-bond acceptors (Lipinski definition) is 2. The minimum absolute atomic E-state index is 0. The first-order valence-electron chi connectivity index (χ1n) is 8.40. The van der Waals surface area contributed by atoms with Crippen LogP contribution in [-0.4, -0.2) is 30.4 Å². The number of aryl methyl sites for hydroxylation is 1. The number of likely N-dealkylation sites (N-methyl/N-ethyl adjacent to an activating group) is 1. The molecule has 2 rings (SSSR count). The van der Waals surface area contributed by atoms with Gasteiger partial charge in [-0.05, 0) is 43.8 Å². The van der Waals surface area contributed by atoms with Crippen LogP contribution >= 0.6 is 24.0 Å². The Balaban J connectivity index is 0.00000312. The molecule has 3 nitrogen and oxygen atoms in total. The number of benzene rings is 2. The van der Waals surface area contributed by atoms with Crippen LogP contribution in [0.1, 0.15) is 41.4 Å². The summed E-state index contributed by atoms with van der Waals surface area (Å²) >= 11 is 6.39. The molecule has 1 amide bonds. The SMILES string of the molecule is CCN(CC)C(CNC(=O)c1ccc(C)cc1)c1ccccc1Cl.Cl. The Kier molecular flexibility index (Phi) is 8.98. The lowest BCUT2D eigenvalue weighted by Gasteiger charge is -2.31. The molecule has 0 bridgehead atoms. The van der Waals surface area contributed by atoms with Gasteiger partial charge in [-0.3, -0.25) is 9.69 Å². The Labute approximate surface area is 161 Å². The van der Waals surface area contributed by atoms with E-state index in [0.29, 0.717) is 12.1 Å². The summed E-state index contributed by atoms with van der Waals surface area (Å²) in [7, 11) is 0. The van der Waals surface area contributed by atoms with Gasteiger partial charge in [0.05, 0.1) is 6.04 Å². The van der Waals surface area contributed by atoms with Gasteiger partial charge in [0.15, 0.2) is 0 Å². The van der Waals surface area contributed by atoms with Crippen LogP contribution < -0.4 is 5.32 Å². The molecule has 0 aliphatic heterocycles. The highest BCUT2D eigenvalue weighted by Crippen LogP contribution is 2.27. The maximum Gasteiger partial charge on any atom is 0.251 e. The minimum Gasteiger partial charge on any atom is -0.350 e. The molecule has 0 fully saturated rings. The zero-order valence-corrected chi connectivity index (χ0v) is 16.5. The van der Waals surface area contributed by atoms with Crippen molar-refractivity contribution in [1.82, 2.24) is 10.2 Å². The first-order valence-corrected chi connectivity index (χ1v) is 8.78. The van der Waals surface area contributed by atoms with Crippen molar-refractivity contribution in [2.45, 2.75) is 26.8 Å². The highest BCUT2D eigenvalue weighted by Gasteiger charge is 2.21. The van der Waals surface area contributed by atoms with E-state index < -0.39 is 0 Å². The van der Waals surface area contributed by atoms with Gasteiger partial charge in [0, 0.05) is 17.1 Å². The Morgan fingerprint density at radius 3 is 2.24 bits per heavy atom. The third-order valence-corrected chi connectivity index (χ3v) is 4.63. The molecular formula is C20H26Cl2N2O. The van der Waals surface area contributed by atoms with Crippen LogP contribution in [0.5, 0.6) is 0 Å². The van der Waals surface area contributed by atoms with Crippen molar-refractivity contribution in [3.8, 4) is 0 Å². The quantitative estimate of drug-likeness (QED) is 0.741. The van der Waals surface area contributed by atoms with Crippen LogP contribution in [0.4, 0.5) is 0 Å². The molecule has 0 radical (unpaired) electrons. The third kappa shape index (κ3) is 5.74. The molecule has 0 heterocycles. The van der Waals surface area contributed by atoms with Crippen molar-refractivity contribution in [2.75, 3.05) is 19.6 Å². The van der Waals surface area contributed by atoms with Gasteiger partial charge in [0.25, 0.3) is 5.91 Å². The van der Waals surface area contributed by atoms with Crippen LogP contribution in [0, 0.1) is 6.92 Å². The van der Waals surface area contributed by atoms with Crippen molar-refractivity contribution in [2.24, 2.45) is 0 Å². The Morgan fingerprint density at radius 2 is 1.68 bits per heavy atom. The van der Waals surface area contributed by atoms with E-state index in [1.807, 2.05) is 55.5 Å². The largest absolute Gasteiger partial charge is 0.350 e. The van der Waals surface area contributed by atoms with Crippen molar-refractivity contribution < 1.29 is 4.79 Å². The number of hydrogen-bond donors (Lipinski definition) is 1. The summed E-state index contributed by atoms with van der Waals surface area (Å²) in [5.74, 6) is -0.0563. The van der Waals surface area contributed by atoms with Crippen LogP contribution in [0.2, 0.25) is 5.02 Å². The summed E-state index contributed by atoms with van der Waals surface area (Å²) in [5, 5.41) is 3.79. The topological polar surface area (TPSA) is 32.3 Å². The van der Waals surface area contributed by atoms with Crippen LogP contribution in [0.15, 0.2) is 48.5 Å². The molecular weight excluding hydrogens is 355 g/mol. The average Bonchev–Trinajstić information content (AvgIpc) is 2.60. The van der Waals surface area contributed by atoms with Crippen LogP contribution in [-0.2, 0) is 0 Å². The number of amides is 1. The Bertz CT molecular complexity index is 670. The lowest BCUT2D eigenvalue weighted by molar-refractivity contribution is 0.0935. The molecule has 136 valence electrons. The maximum absolute atomic E-state index is 12.4. The van der Waals surface area contributed by atoms with Crippen molar-refractivity contribution in [3.05, 3.63) is 70.2 Å². The lowest BCUT2D eigenvalue weighted by Crippen LogP contribution is -2.38. The van der Waals surface area contributed by atoms with Gasteiger partial charge in [-0.25, -0.2) is 0 Å². The van der Waals surface area contributed by atoms with Crippen molar-refractivity contribution in [3.63, 3.8) is 0 Å². The summed E-state index contributed by atoms with van der Waals surface area (Å²) in [4.78, 5) is 14.7. The van der Waals surface area contributed by atoms with Crippen LogP contribution in [0.3, 0.4) is 0 Å². The molecule has 0 aromatic heterocycles. The van der Waals surface area contributed by atoms with Gasteiger partial charge in [-0.15, -0.1) is 12.4 Å². The molecule has 0 aliphatic rings. The van der Waals surface area contributed by atoms with E-state index in [1.165, 1.54) is 0 Å². The standard InChI is InChI=1S/C20H25ClN2O.ClH/c1-4-23(5-2)19(17-8-6-7-9-18(17)21)14-22-20(24)16-12-10-15(3)11-13-16;/h6-13,19H,4-5,14H2,1-3H3,(H,22,24);1H. The molecule has 0 aliphatic carbocycles. The van der Waals surface area contributed by atoms with Gasteiger partial charge in [-0.1, -0.05) is 61.3 Å². The molecule has 5 heteroatoms. The summed E-state index contributed by atoms with van der Waals surface area (Å²) in [6.07, 6.45) is 0. The second-order valence-electron chi connectivity index (χ2n) is 5.83. The molecule has 25 heavy (non-hydrogen) atoms.